The fourth-order valence-corrected chi connectivity index (χ4v) is 5.41. The van der Waals surface area contributed by atoms with Gasteiger partial charge in [-0.3, -0.25) is 0 Å². The third-order valence-electron chi connectivity index (χ3n) is 7.18. The smallest absolute Gasteiger partial charge is 0.342 e. The molecule has 2 aliphatic heterocycles. The molecule has 0 unspecified atom stereocenters. The number of para-hydroxylation sites is 2. The molecule has 0 aliphatic carbocycles. The van der Waals surface area contributed by atoms with Crippen LogP contribution in [0.5, 0.6) is 11.5 Å². The summed E-state index contributed by atoms with van der Waals surface area (Å²) in [5.74, 6) is 1.14. The van der Waals surface area contributed by atoms with Crippen LogP contribution >= 0.6 is 0 Å². The molecule has 2 aliphatic rings. The van der Waals surface area contributed by atoms with Gasteiger partial charge in [0.1, 0.15) is 11.5 Å². The minimum absolute atomic E-state index is 0.298. The lowest BCUT2D eigenvalue weighted by atomic mass is 9.77. The van der Waals surface area contributed by atoms with E-state index in [2.05, 4.69) is 43.1 Å². The fraction of sp³-hybridized carbons (Fsp3) is 0.367. The van der Waals surface area contributed by atoms with Crippen molar-refractivity contribution >= 4 is 17.3 Å². The first-order valence-electron chi connectivity index (χ1n) is 12.9. The summed E-state index contributed by atoms with van der Waals surface area (Å²) in [4.78, 5) is 15.9. The van der Waals surface area contributed by atoms with Crippen LogP contribution in [-0.2, 0) is 10.3 Å². The average Bonchev–Trinajstić information content (AvgIpc) is 3.17. The summed E-state index contributed by atoms with van der Waals surface area (Å²) in [6.07, 6.45) is 4.66. The number of hydrogen-bond acceptors (Lipinski definition) is 5. The zero-order chi connectivity index (χ0) is 24.4. The van der Waals surface area contributed by atoms with E-state index in [1.54, 1.807) is 0 Å². The zero-order valence-electron chi connectivity index (χ0n) is 20.9. The third kappa shape index (κ3) is 3.83. The van der Waals surface area contributed by atoms with E-state index in [0.29, 0.717) is 17.1 Å². The highest BCUT2D eigenvalue weighted by molar-refractivity contribution is 6.03. The number of hydrogen-bond donors (Lipinski definition) is 1. The molecule has 0 amide bonds. The Morgan fingerprint density at radius 2 is 1.49 bits per heavy atom. The zero-order valence-corrected chi connectivity index (χ0v) is 20.9. The van der Waals surface area contributed by atoms with Gasteiger partial charge in [-0.1, -0.05) is 62.6 Å². The topological polar surface area (TPSA) is 50.8 Å². The normalized spacial score (nSPS) is 14.5. The number of nitrogens with zero attached hydrogens (tertiary/aromatic N) is 1. The number of ether oxygens (including phenoxy) is 2. The molecule has 0 bridgehead atoms. The van der Waals surface area contributed by atoms with Gasteiger partial charge in [0.2, 0.25) is 0 Å². The maximum Gasteiger partial charge on any atom is 0.342 e. The highest BCUT2D eigenvalue weighted by atomic mass is 16.6. The maximum atomic E-state index is 13.6. The van der Waals surface area contributed by atoms with Gasteiger partial charge in [-0.05, 0) is 44.5 Å². The summed E-state index contributed by atoms with van der Waals surface area (Å²) in [5.41, 5.74) is 4.12. The van der Waals surface area contributed by atoms with Crippen molar-refractivity contribution in [2.24, 2.45) is 0 Å². The molecule has 2 heterocycles. The highest BCUT2D eigenvalue weighted by Crippen LogP contribution is 2.57. The van der Waals surface area contributed by atoms with Crippen LogP contribution in [0.3, 0.4) is 0 Å². The molecule has 5 nitrogen and oxygen atoms in total. The monoisotopic (exact) mass is 470 g/mol. The van der Waals surface area contributed by atoms with Gasteiger partial charge in [0, 0.05) is 42.0 Å². The summed E-state index contributed by atoms with van der Waals surface area (Å²) >= 11 is 0. The van der Waals surface area contributed by atoms with Crippen molar-refractivity contribution in [3.05, 3.63) is 82.9 Å². The molecule has 1 spiro atoms. The minimum atomic E-state index is -1.04. The van der Waals surface area contributed by atoms with E-state index in [1.165, 1.54) is 19.3 Å². The number of unbranched alkanes of at least 4 members (excludes halogenated alkanes) is 3. The van der Waals surface area contributed by atoms with Crippen molar-refractivity contribution in [2.45, 2.75) is 52.1 Å². The standard InChI is InChI=1S/C30H34N2O3/c1-4-7-8-13-18-31-25-20-21(32(5-2)6-3)19-24-28(25)29(33)35-30(24)22-14-9-11-16-26(22)34-27-17-12-10-15-23(27)30/h9-12,14-17,19-20,31H,4-8,13,18H2,1-3H3. The Morgan fingerprint density at radius 1 is 0.829 bits per heavy atom. The van der Waals surface area contributed by atoms with Gasteiger partial charge in [0.15, 0.2) is 5.60 Å². The quantitative estimate of drug-likeness (QED) is 0.267. The molecule has 0 atom stereocenters. The molecule has 1 N–H and O–H groups in total. The van der Waals surface area contributed by atoms with Crippen molar-refractivity contribution in [3.63, 3.8) is 0 Å². The molecule has 5 rings (SSSR count). The molecular formula is C30H34N2O3. The minimum Gasteiger partial charge on any atom is -0.456 e. The van der Waals surface area contributed by atoms with Crippen LogP contribution in [0.25, 0.3) is 0 Å². The van der Waals surface area contributed by atoms with Crippen molar-refractivity contribution in [1.29, 1.82) is 0 Å². The molecule has 0 saturated heterocycles. The maximum absolute atomic E-state index is 13.6. The van der Waals surface area contributed by atoms with Gasteiger partial charge in [0.05, 0.1) is 11.3 Å². The number of nitrogens with one attached hydrogen (secondary N) is 1. The van der Waals surface area contributed by atoms with Crippen LogP contribution in [0, 0.1) is 0 Å². The summed E-state index contributed by atoms with van der Waals surface area (Å²) in [6, 6.07) is 20.0. The second kappa shape index (κ2) is 9.65. The van der Waals surface area contributed by atoms with E-state index in [1.807, 2.05) is 48.5 Å². The predicted molar refractivity (Wildman–Crippen MR) is 141 cm³/mol. The van der Waals surface area contributed by atoms with E-state index < -0.39 is 5.60 Å². The van der Waals surface area contributed by atoms with Gasteiger partial charge < -0.3 is 19.7 Å². The van der Waals surface area contributed by atoms with E-state index >= 15 is 0 Å². The second-order valence-electron chi connectivity index (χ2n) is 9.24. The van der Waals surface area contributed by atoms with E-state index in [4.69, 9.17) is 9.47 Å². The molecular weight excluding hydrogens is 436 g/mol. The molecule has 0 saturated carbocycles. The van der Waals surface area contributed by atoms with Crippen LogP contribution in [0.2, 0.25) is 0 Å². The molecule has 5 heteroatoms. The highest BCUT2D eigenvalue weighted by Gasteiger charge is 2.54. The second-order valence-corrected chi connectivity index (χ2v) is 9.24. The van der Waals surface area contributed by atoms with Crippen LogP contribution in [0.4, 0.5) is 11.4 Å². The molecule has 3 aromatic rings. The third-order valence-corrected chi connectivity index (χ3v) is 7.18. The molecule has 182 valence electrons. The Morgan fingerprint density at radius 3 is 2.11 bits per heavy atom. The van der Waals surface area contributed by atoms with Crippen LogP contribution in [0.1, 0.15) is 73.5 Å². The van der Waals surface area contributed by atoms with Crippen molar-refractivity contribution in [1.82, 2.24) is 0 Å². The molecule has 3 aromatic carbocycles. The van der Waals surface area contributed by atoms with Gasteiger partial charge in [-0.2, -0.15) is 0 Å². The first kappa shape index (κ1) is 23.3. The van der Waals surface area contributed by atoms with Gasteiger partial charge in [-0.15, -0.1) is 0 Å². The lowest BCUT2D eigenvalue weighted by molar-refractivity contribution is 0.0225. The van der Waals surface area contributed by atoms with Crippen molar-refractivity contribution in [3.8, 4) is 11.5 Å². The number of benzene rings is 3. The van der Waals surface area contributed by atoms with Gasteiger partial charge in [-0.25, -0.2) is 4.79 Å². The molecule has 0 fully saturated rings. The van der Waals surface area contributed by atoms with Crippen LogP contribution < -0.4 is 15.0 Å². The Kier molecular flexibility index (Phi) is 6.42. The SMILES string of the molecule is CCCCCCNc1cc(N(CC)CC)cc2c1C(=O)OC21c2ccccc2Oc2ccccc21. The number of carbonyl (C=O) groups excluding carboxylic acids is 1. The number of rotatable bonds is 9. The Labute approximate surface area is 208 Å². The summed E-state index contributed by atoms with van der Waals surface area (Å²) in [5, 5.41) is 3.59. The van der Waals surface area contributed by atoms with Gasteiger partial charge >= 0.3 is 5.97 Å². The van der Waals surface area contributed by atoms with E-state index in [-0.39, 0.29) is 5.97 Å². The van der Waals surface area contributed by atoms with Gasteiger partial charge in [0.25, 0.3) is 0 Å². The fourth-order valence-electron chi connectivity index (χ4n) is 5.41. The summed E-state index contributed by atoms with van der Waals surface area (Å²) in [7, 11) is 0. The van der Waals surface area contributed by atoms with Crippen LogP contribution in [-0.4, -0.2) is 25.6 Å². The van der Waals surface area contributed by atoms with Crippen molar-refractivity contribution in [2.75, 3.05) is 29.9 Å². The lowest BCUT2D eigenvalue weighted by Gasteiger charge is -2.36. The molecule has 0 aromatic heterocycles. The number of carbonyl (C=O) groups is 1. The average molecular weight is 471 g/mol. The largest absolute Gasteiger partial charge is 0.456 e. The summed E-state index contributed by atoms with van der Waals surface area (Å²) < 4.78 is 12.7. The van der Waals surface area contributed by atoms with E-state index in [9.17, 15) is 4.79 Å². The van der Waals surface area contributed by atoms with E-state index in [0.717, 1.165) is 54.1 Å². The molecule has 0 radical (unpaired) electrons. The first-order chi connectivity index (χ1) is 17.1. The Bertz CT molecular complexity index is 1190. The predicted octanol–water partition coefficient (Wildman–Crippen LogP) is 7.09. The first-order valence-corrected chi connectivity index (χ1v) is 12.9. The number of fused-ring (bicyclic) bond motifs is 6. The number of anilines is 2. The Balaban J connectivity index is 1.71. The number of esters is 1. The van der Waals surface area contributed by atoms with Crippen molar-refractivity contribution < 1.29 is 14.3 Å². The Hall–Kier alpha value is -3.47. The molecule has 35 heavy (non-hydrogen) atoms. The van der Waals surface area contributed by atoms with Crippen LogP contribution in [0.15, 0.2) is 60.7 Å². The summed E-state index contributed by atoms with van der Waals surface area (Å²) in [6.45, 7) is 9.11. The lowest BCUT2D eigenvalue weighted by Crippen LogP contribution is -2.33.